The van der Waals surface area contributed by atoms with Gasteiger partial charge in [0, 0.05) is 26.8 Å². The Balaban J connectivity index is 2.11. The first kappa shape index (κ1) is 21.3. The van der Waals surface area contributed by atoms with Gasteiger partial charge in [0.05, 0.1) is 25.5 Å². The first-order valence-corrected chi connectivity index (χ1v) is 12.5. The van der Waals surface area contributed by atoms with Gasteiger partial charge in [-0.05, 0) is 42.0 Å². The van der Waals surface area contributed by atoms with Crippen molar-refractivity contribution in [2.45, 2.75) is 4.90 Å². The van der Waals surface area contributed by atoms with Gasteiger partial charge in [0.15, 0.2) is 15.3 Å². The molecule has 152 valence electrons. The molecule has 1 aromatic heterocycles. The highest BCUT2D eigenvalue weighted by Crippen LogP contribution is 2.44. The van der Waals surface area contributed by atoms with Crippen LogP contribution < -0.4 is 5.43 Å². The van der Waals surface area contributed by atoms with Crippen LogP contribution >= 0.6 is 46.1 Å². The topological polar surface area (TPSA) is 51.2 Å². The van der Waals surface area contributed by atoms with E-state index in [-0.39, 0.29) is 20.4 Å². The van der Waals surface area contributed by atoms with Crippen LogP contribution in [-0.2, 0) is 9.84 Å². The van der Waals surface area contributed by atoms with E-state index in [1.807, 2.05) is 12.1 Å². The SMILES string of the molecule is CS(=O)(=O)c1ccc(-c2sc3ccccc3c(=O)c2-c2c(Cl)ccc(Cl)c2Cl)cc1. The van der Waals surface area contributed by atoms with Gasteiger partial charge in [0.2, 0.25) is 0 Å². The van der Waals surface area contributed by atoms with E-state index in [0.717, 1.165) is 11.0 Å². The number of sulfone groups is 1. The monoisotopic (exact) mass is 494 g/mol. The third-order valence-corrected chi connectivity index (χ3v) is 8.10. The standard InChI is InChI=1S/C22H13Cl3O3S2/c1-30(27,28)13-8-6-12(7-9-13)22-19(18-15(23)10-11-16(24)20(18)25)21(26)14-4-2-3-5-17(14)29-22/h2-11H,1H3. The summed E-state index contributed by atoms with van der Waals surface area (Å²) in [5.41, 5.74) is 1.15. The molecule has 0 aliphatic carbocycles. The average Bonchev–Trinajstić information content (AvgIpc) is 2.72. The molecule has 4 aromatic rings. The van der Waals surface area contributed by atoms with Gasteiger partial charge >= 0.3 is 0 Å². The van der Waals surface area contributed by atoms with E-state index in [1.165, 1.54) is 23.5 Å². The fraction of sp³-hybridized carbons (Fsp3) is 0.0455. The predicted molar refractivity (Wildman–Crippen MR) is 127 cm³/mol. The second kappa shape index (κ2) is 7.98. The highest BCUT2D eigenvalue weighted by atomic mass is 35.5. The summed E-state index contributed by atoms with van der Waals surface area (Å²) in [6, 6.07) is 16.8. The van der Waals surface area contributed by atoms with Crippen LogP contribution in [0.3, 0.4) is 0 Å². The second-order valence-electron chi connectivity index (χ2n) is 6.65. The van der Waals surface area contributed by atoms with Gasteiger partial charge in [-0.2, -0.15) is 0 Å². The second-order valence-corrected chi connectivity index (χ2v) is 10.9. The number of rotatable bonds is 3. The van der Waals surface area contributed by atoms with Gasteiger partial charge in [0.1, 0.15) is 0 Å². The molecule has 8 heteroatoms. The van der Waals surface area contributed by atoms with E-state index in [4.69, 9.17) is 34.8 Å². The molecule has 3 aromatic carbocycles. The highest BCUT2D eigenvalue weighted by molar-refractivity contribution is 7.90. The summed E-state index contributed by atoms with van der Waals surface area (Å²) >= 11 is 20.5. The number of halogens is 3. The lowest BCUT2D eigenvalue weighted by Gasteiger charge is -2.14. The molecule has 1 heterocycles. The van der Waals surface area contributed by atoms with Crippen molar-refractivity contribution in [1.29, 1.82) is 0 Å². The van der Waals surface area contributed by atoms with E-state index < -0.39 is 9.84 Å². The minimum absolute atomic E-state index is 0.192. The summed E-state index contributed by atoms with van der Waals surface area (Å²) in [7, 11) is -3.34. The Morgan fingerprint density at radius 1 is 0.800 bits per heavy atom. The molecule has 0 aliphatic heterocycles. The van der Waals surface area contributed by atoms with E-state index >= 15 is 0 Å². The Kier molecular flexibility index (Phi) is 5.68. The zero-order valence-corrected chi connectivity index (χ0v) is 19.3. The van der Waals surface area contributed by atoms with Crippen molar-refractivity contribution in [2.24, 2.45) is 0 Å². The maximum atomic E-state index is 13.5. The Bertz CT molecular complexity index is 1460. The lowest BCUT2D eigenvalue weighted by atomic mass is 10.00. The molecule has 30 heavy (non-hydrogen) atoms. The fourth-order valence-corrected chi connectivity index (χ4v) is 5.72. The molecule has 0 radical (unpaired) electrons. The first-order chi connectivity index (χ1) is 14.2. The minimum Gasteiger partial charge on any atom is -0.288 e. The average molecular weight is 496 g/mol. The normalized spacial score (nSPS) is 11.7. The highest BCUT2D eigenvalue weighted by Gasteiger charge is 2.22. The van der Waals surface area contributed by atoms with Crippen LogP contribution in [0.2, 0.25) is 15.1 Å². The molecule has 0 amide bonds. The molecule has 4 rings (SSSR count). The molecule has 0 bridgehead atoms. The molecular formula is C22H13Cl3O3S2. The Morgan fingerprint density at radius 2 is 1.43 bits per heavy atom. The number of hydrogen-bond donors (Lipinski definition) is 0. The van der Waals surface area contributed by atoms with Gasteiger partial charge in [-0.3, -0.25) is 4.79 Å². The molecule has 0 unspecified atom stereocenters. The van der Waals surface area contributed by atoms with E-state index in [0.29, 0.717) is 32.0 Å². The molecule has 3 nitrogen and oxygen atoms in total. The van der Waals surface area contributed by atoms with Gasteiger partial charge in [0.25, 0.3) is 0 Å². The van der Waals surface area contributed by atoms with Crippen molar-refractivity contribution in [3.8, 4) is 21.6 Å². The van der Waals surface area contributed by atoms with E-state index in [2.05, 4.69) is 0 Å². The van der Waals surface area contributed by atoms with Gasteiger partial charge in [-0.25, -0.2) is 8.42 Å². The van der Waals surface area contributed by atoms with Crippen LogP contribution in [0.4, 0.5) is 0 Å². The van der Waals surface area contributed by atoms with E-state index in [1.54, 1.807) is 36.4 Å². The first-order valence-electron chi connectivity index (χ1n) is 8.68. The molecule has 0 atom stereocenters. The van der Waals surface area contributed by atoms with Crippen LogP contribution in [0.25, 0.3) is 31.7 Å². The van der Waals surface area contributed by atoms with Gasteiger partial charge in [-0.1, -0.05) is 59.1 Å². The third kappa shape index (κ3) is 3.77. The van der Waals surface area contributed by atoms with Crippen molar-refractivity contribution in [1.82, 2.24) is 0 Å². The lowest BCUT2D eigenvalue weighted by molar-refractivity contribution is 0.602. The van der Waals surface area contributed by atoms with Gasteiger partial charge < -0.3 is 0 Å². The molecule has 0 saturated carbocycles. The molecule has 0 spiro atoms. The molecular weight excluding hydrogens is 483 g/mol. The summed E-state index contributed by atoms with van der Waals surface area (Å²) in [5, 5.41) is 1.32. The minimum atomic E-state index is -3.34. The maximum Gasteiger partial charge on any atom is 0.196 e. The summed E-state index contributed by atoms with van der Waals surface area (Å²) in [4.78, 5) is 14.3. The van der Waals surface area contributed by atoms with Crippen LogP contribution in [0.5, 0.6) is 0 Å². The van der Waals surface area contributed by atoms with Crippen molar-refractivity contribution in [2.75, 3.05) is 6.26 Å². The van der Waals surface area contributed by atoms with Crippen molar-refractivity contribution >= 4 is 66.1 Å². The summed E-state index contributed by atoms with van der Waals surface area (Å²) in [6.07, 6.45) is 1.15. The van der Waals surface area contributed by atoms with E-state index in [9.17, 15) is 13.2 Å². The van der Waals surface area contributed by atoms with Crippen LogP contribution in [0, 0.1) is 0 Å². The lowest BCUT2D eigenvalue weighted by Crippen LogP contribution is -2.07. The summed E-state index contributed by atoms with van der Waals surface area (Å²) in [6.45, 7) is 0. The summed E-state index contributed by atoms with van der Waals surface area (Å²) in [5.74, 6) is 0. The number of fused-ring (bicyclic) bond motifs is 1. The molecule has 0 aliphatic rings. The maximum absolute atomic E-state index is 13.5. The van der Waals surface area contributed by atoms with Crippen molar-refractivity contribution < 1.29 is 8.42 Å². The van der Waals surface area contributed by atoms with Crippen molar-refractivity contribution in [3.63, 3.8) is 0 Å². The van der Waals surface area contributed by atoms with Gasteiger partial charge in [-0.15, -0.1) is 11.3 Å². The zero-order valence-electron chi connectivity index (χ0n) is 15.4. The Hall–Kier alpha value is -1.89. The largest absolute Gasteiger partial charge is 0.288 e. The van der Waals surface area contributed by atoms with Crippen LogP contribution in [0.15, 0.2) is 70.4 Å². The predicted octanol–water partition coefficient (Wildman–Crippen LogP) is 6.96. The molecule has 0 N–H and O–H groups in total. The smallest absolute Gasteiger partial charge is 0.196 e. The molecule has 0 saturated heterocycles. The quantitative estimate of drug-likeness (QED) is 0.289. The third-order valence-electron chi connectivity index (χ3n) is 4.64. The molecule has 0 fully saturated rings. The van der Waals surface area contributed by atoms with Crippen LogP contribution in [0.1, 0.15) is 0 Å². The Labute approximate surface area is 192 Å². The zero-order chi connectivity index (χ0) is 21.6. The Morgan fingerprint density at radius 3 is 2.10 bits per heavy atom. The number of hydrogen-bond acceptors (Lipinski definition) is 4. The van der Waals surface area contributed by atoms with Crippen molar-refractivity contribution in [3.05, 3.63) is 86.0 Å². The number of benzene rings is 3. The summed E-state index contributed by atoms with van der Waals surface area (Å²) < 4.78 is 24.4. The fourth-order valence-electron chi connectivity index (χ4n) is 3.18. The van der Waals surface area contributed by atoms with Crippen LogP contribution in [-0.4, -0.2) is 14.7 Å².